The number of hydrogen-bond acceptors (Lipinski definition) is 5. The molecule has 0 aliphatic heterocycles. The fraction of sp³-hybridized carbons (Fsp3) is 0.930. The molecule has 0 heterocycles. The Kier molecular flexibility index (Phi) is 297. The summed E-state index contributed by atoms with van der Waals surface area (Å²) in [6.07, 6.45) is -27.5. The first-order valence-electron chi connectivity index (χ1n) is 28.3. The first kappa shape index (κ1) is 206. The lowest BCUT2D eigenvalue weighted by molar-refractivity contribution is -0.336. The third kappa shape index (κ3) is 865. The van der Waals surface area contributed by atoms with Crippen LogP contribution in [0.15, 0.2) is 0 Å². The van der Waals surface area contributed by atoms with Gasteiger partial charge in [-0.05, 0) is 33.6 Å². The van der Waals surface area contributed by atoms with E-state index in [1.54, 1.807) is 20.8 Å². The molecular formula is C57H101F63OS4. The predicted octanol–water partition coefficient (Wildman–Crippen LogP) is 34.2. The van der Waals surface area contributed by atoms with E-state index in [1.807, 2.05) is 13.8 Å². The van der Waals surface area contributed by atoms with Crippen LogP contribution in [-0.4, -0.2) is 279 Å². The fourth-order valence-corrected chi connectivity index (χ4v) is 0.562. The Morgan fingerprint density at radius 2 is 0.424 bits per heavy atom. The molecule has 125 heavy (non-hydrogen) atoms. The van der Waals surface area contributed by atoms with Crippen LogP contribution in [0.2, 0.25) is 0 Å². The summed E-state index contributed by atoms with van der Waals surface area (Å²) in [7, 11) is 2.00. The summed E-state index contributed by atoms with van der Waals surface area (Å²) in [6.45, 7) is -24.1. The molecular weight excluding hydrogens is 2030 g/mol. The number of thiocarbonyl (C=S) groups is 4. The third-order valence-electron chi connectivity index (χ3n) is 4.20. The van der Waals surface area contributed by atoms with Gasteiger partial charge < -0.3 is 0 Å². The monoisotopic (exact) mass is 2130 g/mol. The highest BCUT2D eigenvalue weighted by molar-refractivity contribution is 7.81. The van der Waals surface area contributed by atoms with Crippen LogP contribution in [0.3, 0.4) is 0 Å². The van der Waals surface area contributed by atoms with E-state index in [0.29, 0.717) is 64.1 Å². The summed E-state index contributed by atoms with van der Waals surface area (Å²) >= 11 is 17.0. The molecule has 0 fully saturated rings. The SMILES string of the molecule is C.CC(=S)C(F)F.CC(=S)CF.CC(=S)CF.CC(=S)CF.CC(F)(F)CF.CC(F)(F)CF.CC(F)(F)CF.CCC(C)CF.CF.CF.CF.CF.FCC(F)(F)CC(F)(F)F.FCC(F)(F)F.FCC(F)(F)F.FCC(F)(F)F.FCCCF.FCCF.FCF.FCF.FCF.FCF.FCF.FCF.FCF.FCF.FCF.FCOC(F)(F)F. The van der Waals surface area contributed by atoms with Gasteiger partial charge >= 0.3 is 31.1 Å². The van der Waals surface area contributed by atoms with Crippen LogP contribution >= 0.6 is 48.9 Å². The fourth-order valence-electron chi connectivity index (χ4n) is 0.562. The van der Waals surface area contributed by atoms with Gasteiger partial charge in [0.15, 0.2) is 53.6 Å². The molecule has 0 N–H and O–H groups in total. The Hall–Kier alpha value is -4.09. The van der Waals surface area contributed by atoms with Crippen LogP contribution in [0.5, 0.6) is 0 Å². The second-order valence-corrected chi connectivity index (χ2v) is 18.2. The van der Waals surface area contributed by atoms with Gasteiger partial charge in [-0.2, -0.15) is 52.7 Å². The van der Waals surface area contributed by atoms with Crippen molar-refractivity contribution < 1.29 is 281 Å². The minimum absolute atomic E-state index is 0. The van der Waals surface area contributed by atoms with Gasteiger partial charge in [-0.3, -0.25) is 35.5 Å². The second-order valence-electron chi connectivity index (χ2n) is 15.4. The van der Waals surface area contributed by atoms with Crippen molar-refractivity contribution in [2.24, 2.45) is 5.92 Å². The molecule has 1 nitrogen and oxygen atoms in total. The highest BCUT2D eigenvalue weighted by Crippen LogP contribution is 2.31. The van der Waals surface area contributed by atoms with Crippen LogP contribution < -0.4 is 0 Å². The molecule has 0 radical (unpaired) electrons. The molecule has 0 amide bonds. The van der Waals surface area contributed by atoms with Gasteiger partial charge in [-0.15, -0.1) is 13.2 Å². The normalized spacial score (nSPS) is 9.35. The Morgan fingerprint density at radius 1 is 0.288 bits per heavy atom. The Morgan fingerprint density at radius 3 is 0.432 bits per heavy atom. The molecule has 800 valence electrons. The first-order valence-corrected chi connectivity index (χ1v) is 30.0. The lowest BCUT2D eigenvalue weighted by atomic mass is 10.1. The highest BCUT2D eigenvalue weighted by Gasteiger charge is 2.43. The lowest BCUT2D eigenvalue weighted by Gasteiger charge is -2.13. The van der Waals surface area contributed by atoms with Crippen molar-refractivity contribution in [3.05, 3.63) is 0 Å². The zero-order chi connectivity index (χ0) is 108. The quantitative estimate of drug-likeness (QED) is 0.119. The Bertz CT molecular complexity index is 1420. The Balaban J connectivity index is -0.0000000286. The standard InChI is InChI=1S/C5H11F.C4H4F6.3C3H5F3.C3H4F2S.C3H6F2.3C3H5FS.C2H2F4O.3C2H2F4.C2H4F2.9CH2F2.4CH3F.CH4/c1-3-5(2)4-6;5-2-3(6,7)1-4(8,9)10;3*1-3(5,6)2-4;1-2(6)3(4)5;4-2-1-3-5;3*1-3(5)2-4;3-1-7-2(4,5)6;3*3-1-2(4,5)6;3-1-2-4;9*2-1-3;4*1-2;/h5H,3-4H2,1-2H3;1-2H2;3*2H2,1H3;3H,1H3;1-3H2;3*2H2,1H3;1H2;3*1H2;1-2H2;9*1H2;4*1H3;1H4. The highest BCUT2D eigenvalue weighted by atomic mass is 32.1. The van der Waals surface area contributed by atoms with Crippen molar-refractivity contribution >= 4 is 68.3 Å². The first-order chi connectivity index (χ1) is 56.0. The molecule has 1 atom stereocenters. The molecule has 0 saturated heterocycles. The predicted molar refractivity (Wildman–Crippen MR) is 370 cm³/mol. The van der Waals surface area contributed by atoms with Gasteiger partial charge in [0.05, 0.1) is 53.6 Å². The maximum absolute atomic E-state index is 11.6. The van der Waals surface area contributed by atoms with E-state index in [9.17, 15) is 277 Å². The third-order valence-corrected chi connectivity index (χ3v) is 4.71. The molecule has 0 aromatic heterocycles. The summed E-state index contributed by atoms with van der Waals surface area (Å²) < 4.78 is 656. The molecule has 0 aliphatic carbocycles. The van der Waals surface area contributed by atoms with Gasteiger partial charge in [0.1, 0.15) is 39.8 Å². The molecule has 0 aromatic carbocycles. The van der Waals surface area contributed by atoms with Gasteiger partial charge in [0.25, 0.3) is 30.1 Å². The number of halogens is 63. The van der Waals surface area contributed by atoms with E-state index >= 15 is 0 Å². The van der Waals surface area contributed by atoms with Gasteiger partial charge in [0.2, 0.25) is 62.4 Å². The summed E-state index contributed by atoms with van der Waals surface area (Å²) in [5.41, 5.74) is 0. The van der Waals surface area contributed by atoms with Crippen LogP contribution in [0, 0.1) is 5.92 Å². The number of rotatable bonds is 15. The van der Waals surface area contributed by atoms with E-state index in [2.05, 4.69) is 53.6 Å². The van der Waals surface area contributed by atoms with Crippen molar-refractivity contribution in [1.82, 2.24) is 0 Å². The second kappa shape index (κ2) is 181. The van der Waals surface area contributed by atoms with Crippen LogP contribution in [0.4, 0.5) is 277 Å². The largest absolute Gasteiger partial charge is 0.524 e. The average molecular weight is 2130 g/mol. The zero-order valence-electron chi connectivity index (χ0n) is 66.3. The molecule has 0 aliphatic rings. The van der Waals surface area contributed by atoms with E-state index in [4.69, 9.17) is 0 Å². The molecule has 1 unspecified atom stereocenters. The van der Waals surface area contributed by atoms with Crippen molar-refractivity contribution in [1.29, 1.82) is 0 Å². The van der Waals surface area contributed by atoms with Gasteiger partial charge in [-0.25, -0.2) is 180 Å². The molecule has 0 rings (SSSR count). The lowest BCUT2D eigenvalue weighted by Crippen LogP contribution is -2.27. The van der Waals surface area contributed by atoms with Crippen LogP contribution in [0.1, 0.15) is 89.0 Å². The van der Waals surface area contributed by atoms with E-state index in [0.717, 1.165) is 6.42 Å². The van der Waals surface area contributed by atoms with Crippen molar-refractivity contribution in [2.45, 2.75) is 150 Å². The van der Waals surface area contributed by atoms with Crippen LogP contribution in [-0.2, 0) is 4.74 Å². The molecule has 68 heteroatoms. The van der Waals surface area contributed by atoms with Crippen LogP contribution in [0.25, 0.3) is 0 Å². The smallest absolute Gasteiger partial charge is 0.260 e. The van der Waals surface area contributed by atoms with Crippen molar-refractivity contribution in [3.63, 3.8) is 0 Å². The maximum atomic E-state index is 11.6. The summed E-state index contributed by atoms with van der Waals surface area (Å²) in [5, 5.41) is 0. The summed E-state index contributed by atoms with van der Waals surface area (Å²) in [4.78, 5) is 1.02. The van der Waals surface area contributed by atoms with Crippen molar-refractivity contribution in [3.8, 4) is 0 Å². The number of alkyl halides is 63. The van der Waals surface area contributed by atoms with Gasteiger partial charge in [0, 0.05) is 41.8 Å². The van der Waals surface area contributed by atoms with Gasteiger partial charge in [-0.1, -0.05) is 76.6 Å². The molecule has 0 aromatic rings. The molecule has 0 spiro atoms. The minimum atomic E-state index is -5.00. The maximum Gasteiger partial charge on any atom is 0.524 e. The number of hydrogen-bond donors (Lipinski definition) is 0. The minimum Gasteiger partial charge on any atom is -0.260 e. The van der Waals surface area contributed by atoms with Crippen molar-refractivity contribution in [2.75, 3.05) is 198 Å². The number of ether oxygens (including phenoxy) is 1. The Labute approximate surface area is 702 Å². The summed E-state index contributed by atoms with van der Waals surface area (Å²) in [6, 6.07) is 0. The summed E-state index contributed by atoms with van der Waals surface area (Å²) in [5.74, 6) is -13.4. The zero-order valence-corrected chi connectivity index (χ0v) is 69.6. The molecule has 0 saturated carbocycles. The molecule has 0 bridgehead atoms. The van der Waals surface area contributed by atoms with E-state index < -0.39 is 230 Å². The topological polar surface area (TPSA) is 9.23 Å². The average Bonchev–Trinajstić information content (AvgIpc) is 0.895. The van der Waals surface area contributed by atoms with E-state index in [1.165, 1.54) is 6.92 Å². The van der Waals surface area contributed by atoms with E-state index in [-0.39, 0.29) is 31.3 Å².